The highest BCUT2D eigenvalue weighted by molar-refractivity contribution is 5.54. The van der Waals surface area contributed by atoms with E-state index < -0.39 is 0 Å². The van der Waals surface area contributed by atoms with Gasteiger partial charge in [-0.05, 0) is 46.9 Å². The molecule has 0 fully saturated rings. The van der Waals surface area contributed by atoms with Gasteiger partial charge in [0.2, 0.25) is 5.89 Å². The third-order valence-corrected chi connectivity index (χ3v) is 5.00. The van der Waals surface area contributed by atoms with Gasteiger partial charge in [-0.15, -0.1) is 5.10 Å². The second-order valence-electron chi connectivity index (χ2n) is 8.39. The highest BCUT2D eigenvalue weighted by Crippen LogP contribution is 2.41. The molecule has 0 aliphatic heterocycles. The van der Waals surface area contributed by atoms with Crippen molar-refractivity contribution in [3.05, 3.63) is 83.9 Å². The molecule has 1 unspecified atom stereocenters. The Morgan fingerprint density at radius 3 is 2.06 bits per heavy atom. The number of nitrogens with zero attached hydrogens (tertiary/aromatic N) is 4. The summed E-state index contributed by atoms with van der Waals surface area (Å²) < 4.78 is 11.1. The van der Waals surface area contributed by atoms with Crippen molar-refractivity contribution in [2.75, 3.05) is 5.73 Å². The zero-order chi connectivity index (χ0) is 21.8. The molecule has 0 spiro atoms. The second kappa shape index (κ2) is 8.55. The number of benzene rings is 2. The fraction of sp³-hybridized carbons (Fsp3) is 0.250. The lowest BCUT2D eigenvalue weighted by Crippen LogP contribution is -2.19. The van der Waals surface area contributed by atoms with E-state index in [-0.39, 0.29) is 17.3 Å². The van der Waals surface area contributed by atoms with Gasteiger partial charge in [0, 0.05) is 23.9 Å². The van der Waals surface area contributed by atoms with Crippen molar-refractivity contribution in [3.63, 3.8) is 0 Å². The molecule has 0 aliphatic carbocycles. The molecule has 7 nitrogen and oxygen atoms in total. The molecule has 4 aromatic rings. The Hall–Kier alpha value is -3.74. The first-order valence-corrected chi connectivity index (χ1v) is 10.1. The van der Waals surface area contributed by atoms with Crippen molar-refractivity contribution >= 4 is 6.01 Å². The van der Waals surface area contributed by atoms with E-state index >= 15 is 0 Å². The summed E-state index contributed by atoms with van der Waals surface area (Å²) in [6, 6.07) is 18.2. The second-order valence-corrected chi connectivity index (χ2v) is 8.39. The average molecular weight is 415 g/mol. The monoisotopic (exact) mass is 415 g/mol. The number of hydrogen-bond acceptors (Lipinski definition) is 7. The molecule has 1 atom stereocenters. The number of nitrogens with two attached hydrogens (primary N) is 1. The zero-order valence-corrected chi connectivity index (χ0v) is 17.8. The molecule has 4 rings (SSSR count). The number of rotatable bonds is 6. The number of ether oxygens (including phenoxy) is 1. The first-order valence-electron chi connectivity index (χ1n) is 10.1. The van der Waals surface area contributed by atoms with Crippen LogP contribution < -0.4 is 10.5 Å². The maximum Gasteiger partial charge on any atom is 0.313 e. The summed E-state index contributed by atoms with van der Waals surface area (Å²) in [5, 5.41) is 7.67. The Labute approximate surface area is 181 Å². The lowest BCUT2D eigenvalue weighted by Gasteiger charge is -2.32. The van der Waals surface area contributed by atoms with E-state index in [2.05, 4.69) is 65.2 Å². The van der Waals surface area contributed by atoms with Gasteiger partial charge in [0.05, 0.1) is 0 Å². The van der Waals surface area contributed by atoms with E-state index in [0.29, 0.717) is 18.3 Å². The van der Waals surface area contributed by atoms with Gasteiger partial charge in [-0.3, -0.25) is 0 Å². The first-order chi connectivity index (χ1) is 14.9. The number of hydrogen-bond donors (Lipinski definition) is 1. The van der Waals surface area contributed by atoms with Crippen LogP contribution >= 0.6 is 0 Å². The molecule has 2 N–H and O–H groups in total. The fourth-order valence-corrected chi connectivity index (χ4v) is 3.67. The Balaban J connectivity index is 1.54. The van der Waals surface area contributed by atoms with E-state index in [0.717, 1.165) is 11.3 Å². The standard InChI is InChI=1S/C24H25N5O2/c1-24(2,3)21(16-5-7-18(8-6-16)22-28-29-23(25)31-22)17-9-11-19(12-10-17)30-15-20-26-13-4-14-27-20/h4-14,21H,15H2,1-3H3,(H2,25,29). The smallest absolute Gasteiger partial charge is 0.313 e. The van der Waals surface area contributed by atoms with Crippen LogP contribution in [-0.4, -0.2) is 20.2 Å². The molecule has 2 aromatic heterocycles. The lowest BCUT2D eigenvalue weighted by atomic mass is 9.72. The van der Waals surface area contributed by atoms with Gasteiger partial charge in [0.25, 0.3) is 0 Å². The van der Waals surface area contributed by atoms with Crippen LogP contribution in [0.2, 0.25) is 0 Å². The Kier molecular flexibility index (Phi) is 5.66. The summed E-state index contributed by atoms with van der Waals surface area (Å²) in [7, 11) is 0. The quantitative estimate of drug-likeness (QED) is 0.480. The van der Waals surface area contributed by atoms with Crippen molar-refractivity contribution in [2.24, 2.45) is 5.41 Å². The van der Waals surface area contributed by atoms with Crippen LogP contribution in [0.5, 0.6) is 5.75 Å². The SMILES string of the molecule is CC(C)(C)C(c1ccc(OCc2ncccn2)cc1)c1ccc(-c2nnc(N)o2)cc1. The largest absolute Gasteiger partial charge is 0.486 e. The van der Waals surface area contributed by atoms with Crippen LogP contribution in [0, 0.1) is 5.41 Å². The Morgan fingerprint density at radius 1 is 0.903 bits per heavy atom. The van der Waals surface area contributed by atoms with Crippen LogP contribution in [0.4, 0.5) is 6.01 Å². The molecule has 0 amide bonds. The van der Waals surface area contributed by atoms with Gasteiger partial charge in [0.15, 0.2) is 5.82 Å². The maximum absolute atomic E-state index is 5.83. The van der Waals surface area contributed by atoms with Crippen LogP contribution in [0.3, 0.4) is 0 Å². The summed E-state index contributed by atoms with van der Waals surface area (Å²) in [4.78, 5) is 8.37. The minimum atomic E-state index is 0.0106. The van der Waals surface area contributed by atoms with Gasteiger partial charge >= 0.3 is 6.01 Å². The van der Waals surface area contributed by atoms with Crippen molar-refractivity contribution in [1.29, 1.82) is 0 Å². The molecule has 0 bridgehead atoms. The highest BCUT2D eigenvalue weighted by Gasteiger charge is 2.28. The molecule has 0 saturated carbocycles. The normalized spacial score (nSPS) is 12.5. The molecule has 31 heavy (non-hydrogen) atoms. The Bertz CT molecular complexity index is 1120. The molecule has 0 radical (unpaired) electrons. The summed E-state index contributed by atoms with van der Waals surface area (Å²) >= 11 is 0. The van der Waals surface area contributed by atoms with E-state index in [1.54, 1.807) is 18.5 Å². The van der Waals surface area contributed by atoms with E-state index in [1.807, 2.05) is 24.3 Å². The topological polar surface area (TPSA) is 100.0 Å². The van der Waals surface area contributed by atoms with Crippen molar-refractivity contribution in [2.45, 2.75) is 33.3 Å². The average Bonchev–Trinajstić information content (AvgIpc) is 3.20. The third kappa shape index (κ3) is 4.88. The minimum absolute atomic E-state index is 0.0106. The van der Waals surface area contributed by atoms with Crippen molar-refractivity contribution in [1.82, 2.24) is 20.2 Å². The summed E-state index contributed by atoms with van der Waals surface area (Å²) in [5.74, 6) is 2.05. The van der Waals surface area contributed by atoms with Crippen LogP contribution in [-0.2, 0) is 6.61 Å². The molecule has 2 aromatic carbocycles. The van der Waals surface area contributed by atoms with Crippen LogP contribution in [0.25, 0.3) is 11.5 Å². The van der Waals surface area contributed by atoms with E-state index in [1.165, 1.54) is 11.1 Å². The van der Waals surface area contributed by atoms with Crippen LogP contribution in [0.1, 0.15) is 43.6 Å². The molecule has 7 heteroatoms. The van der Waals surface area contributed by atoms with Gasteiger partial charge in [-0.2, -0.15) is 0 Å². The van der Waals surface area contributed by atoms with Gasteiger partial charge in [-0.25, -0.2) is 9.97 Å². The summed E-state index contributed by atoms with van der Waals surface area (Å²) in [6.07, 6.45) is 3.42. The fourth-order valence-electron chi connectivity index (χ4n) is 3.67. The Morgan fingerprint density at radius 2 is 1.52 bits per heavy atom. The van der Waals surface area contributed by atoms with Gasteiger partial charge < -0.3 is 14.9 Å². The summed E-state index contributed by atoms with van der Waals surface area (Å²) in [6.45, 7) is 7.05. The summed E-state index contributed by atoms with van der Waals surface area (Å²) in [5.41, 5.74) is 8.80. The first kappa shape index (κ1) is 20.5. The number of nitrogen functional groups attached to an aromatic ring is 1. The minimum Gasteiger partial charge on any atom is -0.486 e. The molecular formula is C24H25N5O2. The predicted octanol–water partition coefficient (Wildman–Crippen LogP) is 4.87. The van der Waals surface area contributed by atoms with E-state index in [9.17, 15) is 0 Å². The van der Waals surface area contributed by atoms with Crippen molar-refractivity contribution in [3.8, 4) is 17.2 Å². The third-order valence-electron chi connectivity index (χ3n) is 5.00. The number of anilines is 1. The molecule has 0 saturated heterocycles. The van der Waals surface area contributed by atoms with Gasteiger partial charge in [0.1, 0.15) is 12.4 Å². The molecule has 0 aliphatic rings. The molecular weight excluding hydrogens is 390 g/mol. The van der Waals surface area contributed by atoms with Gasteiger partial charge in [-0.1, -0.05) is 50.1 Å². The number of aromatic nitrogens is 4. The zero-order valence-electron chi connectivity index (χ0n) is 17.8. The lowest BCUT2D eigenvalue weighted by molar-refractivity contribution is 0.295. The maximum atomic E-state index is 5.83. The van der Waals surface area contributed by atoms with Crippen molar-refractivity contribution < 1.29 is 9.15 Å². The predicted molar refractivity (Wildman–Crippen MR) is 118 cm³/mol. The molecule has 158 valence electrons. The van der Waals surface area contributed by atoms with Crippen LogP contribution in [0.15, 0.2) is 71.4 Å². The highest BCUT2D eigenvalue weighted by atomic mass is 16.5. The van der Waals surface area contributed by atoms with E-state index in [4.69, 9.17) is 14.9 Å². The molecule has 2 heterocycles.